The van der Waals surface area contributed by atoms with Gasteiger partial charge in [0.25, 0.3) is 0 Å². The molecular weight excluding hydrogens is 961 g/mol. The number of phosphoric acid groups is 2. The number of carbonyl (C=O) groups is 2. The smallest absolute Gasteiger partial charge is 0.462 e. The van der Waals surface area contributed by atoms with Crippen molar-refractivity contribution >= 4 is 33.4 Å². The van der Waals surface area contributed by atoms with Crippen LogP contribution in [0.2, 0.25) is 0 Å². The number of allylic oxidation sites excluding steroid dienone is 11. The van der Waals surface area contributed by atoms with E-state index in [4.69, 9.17) is 29.0 Å². The van der Waals surface area contributed by atoms with Crippen molar-refractivity contribution in [1.29, 1.82) is 0 Å². The number of phosphoric ester groups is 2. The minimum Gasteiger partial charge on any atom is -0.462 e. The molecule has 2 rings (SSSR count). The van der Waals surface area contributed by atoms with Crippen LogP contribution in [-0.4, -0.2) is 96.9 Å². The lowest BCUT2D eigenvalue weighted by atomic mass is 10.1. The van der Waals surface area contributed by atoms with Crippen LogP contribution in [0.15, 0.2) is 90.0 Å². The minimum absolute atomic E-state index is 0.0468. The summed E-state index contributed by atoms with van der Waals surface area (Å²) >= 11 is 0. The molecule has 0 radical (unpaired) electrons. The number of rotatable bonds is 40. The molecule has 0 aliphatic carbocycles. The number of carbonyl (C=O) groups excluding carboxylic acids is 2. The number of hydrogen-bond donors (Lipinski definition) is 6. The summed E-state index contributed by atoms with van der Waals surface area (Å²) in [6, 6.07) is 1.24. The molecule has 1 aliphatic rings. The molecule has 2 heterocycles. The first-order valence-corrected chi connectivity index (χ1v) is 28.0. The lowest BCUT2D eigenvalue weighted by molar-refractivity contribution is -0.161. The van der Waals surface area contributed by atoms with Gasteiger partial charge in [0.2, 0.25) is 0 Å². The van der Waals surface area contributed by atoms with Gasteiger partial charge in [-0.05, 0) is 76.7 Å². The molecule has 0 amide bonds. The van der Waals surface area contributed by atoms with Crippen LogP contribution < -0.4 is 11.4 Å². The van der Waals surface area contributed by atoms with Gasteiger partial charge in [-0.2, -0.15) is 9.29 Å². The summed E-state index contributed by atoms with van der Waals surface area (Å²) in [6.45, 7) is 1.74. The molecule has 2 unspecified atom stereocenters. The van der Waals surface area contributed by atoms with Gasteiger partial charge < -0.3 is 45.1 Å². The number of nitrogens with two attached hydrogens (primary N) is 1. The Kier molecular flexibility index (Phi) is 33.7. The number of aliphatic hydroxyl groups is 3. The Hall–Kier alpha value is -3.84. The maximum atomic E-state index is 12.8. The molecule has 71 heavy (non-hydrogen) atoms. The van der Waals surface area contributed by atoms with E-state index in [-0.39, 0.29) is 18.7 Å². The molecule has 1 aliphatic heterocycles. The maximum absolute atomic E-state index is 12.8. The molecule has 1 aromatic heterocycles. The Balaban J connectivity index is 1.84. The molecule has 0 aromatic carbocycles. The summed E-state index contributed by atoms with van der Waals surface area (Å²) in [4.78, 5) is 61.8. The fourth-order valence-corrected chi connectivity index (χ4v) is 8.99. The van der Waals surface area contributed by atoms with Crippen LogP contribution in [0.4, 0.5) is 5.82 Å². The van der Waals surface area contributed by atoms with Crippen LogP contribution in [0.1, 0.15) is 155 Å². The first-order chi connectivity index (χ1) is 34.1. The summed E-state index contributed by atoms with van der Waals surface area (Å²) in [5, 5.41) is 30.4. The molecule has 1 saturated heterocycles. The predicted molar refractivity (Wildman–Crippen MR) is 271 cm³/mol. The Labute approximate surface area is 419 Å². The third kappa shape index (κ3) is 30.7. The van der Waals surface area contributed by atoms with Gasteiger partial charge >= 0.3 is 33.3 Å². The average Bonchev–Trinajstić information content (AvgIpc) is 3.61. The van der Waals surface area contributed by atoms with Crippen LogP contribution in [0.5, 0.6) is 0 Å². The van der Waals surface area contributed by atoms with Crippen LogP contribution in [-0.2, 0) is 46.3 Å². The number of hydrogen-bond acceptors (Lipinski definition) is 16. The first kappa shape index (κ1) is 63.3. The van der Waals surface area contributed by atoms with Crippen LogP contribution in [0.25, 0.3) is 0 Å². The number of ether oxygens (including phenoxy) is 3. The number of aromatic nitrogens is 2. The van der Waals surface area contributed by atoms with E-state index < -0.39 is 89.8 Å². The lowest BCUT2D eigenvalue weighted by Gasteiger charge is -2.21. The minimum atomic E-state index is -5.45. The Bertz CT molecular complexity index is 1990. The van der Waals surface area contributed by atoms with E-state index >= 15 is 0 Å². The van der Waals surface area contributed by atoms with E-state index in [2.05, 4.69) is 40.5 Å². The van der Waals surface area contributed by atoms with Crippen molar-refractivity contribution in [3.05, 3.63) is 95.7 Å². The summed E-state index contributed by atoms with van der Waals surface area (Å²) in [6.07, 6.45) is 35.1. The highest BCUT2D eigenvalue weighted by Crippen LogP contribution is 2.60. The standard InChI is InChI=1S/C50H81N3O16P2/c1-3-5-6-7-8-9-10-11-12-16-19-22-25-28-31-34-45(55)64-38-42(67-46(56)35-32-29-26-23-20-17-14-13-15-18-21-24-27-30-33-41(54)4-2)39-65-70(60,61)69-71(62,63)66-40-43-47(57)48(58)49(68-43)53-37-36-44(51)52-50(53)59/h11-12,14-15,17-18,23-24,26-27,30,33,36-37,41-43,47-49,54,57-58H,3-10,13,16,19-22,25,28-29,31-32,34-35,38-40H2,1-2H3,(H,60,61)(H,62,63)(H2,51,52,59)/b12-11-,17-14-,18-15-,26-23-,27-24-,33-30+/t41-,42-,43-,47-,48-,49-/m1/s1. The van der Waals surface area contributed by atoms with Gasteiger partial charge in [0.15, 0.2) is 12.3 Å². The molecule has 7 N–H and O–H groups in total. The van der Waals surface area contributed by atoms with Gasteiger partial charge in [-0.1, -0.05) is 138 Å². The number of anilines is 1. The van der Waals surface area contributed by atoms with Crippen LogP contribution in [0.3, 0.4) is 0 Å². The van der Waals surface area contributed by atoms with E-state index in [0.717, 1.165) is 62.1 Å². The normalized spacial score (nSPS) is 20.2. The molecule has 1 aromatic rings. The zero-order chi connectivity index (χ0) is 52.2. The van der Waals surface area contributed by atoms with Gasteiger partial charge in [-0.15, -0.1) is 0 Å². The lowest BCUT2D eigenvalue weighted by Crippen LogP contribution is -2.36. The van der Waals surface area contributed by atoms with Crippen molar-refractivity contribution in [1.82, 2.24) is 9.55 Å². The van der Waals surface area contributed by atoms with E-state index in [1.165, 1.54) is 44.6 Å². The summed E-state index contributed by atoms with van der Waals surface area (Å²) in [5.74, 6) is -1.40. The van der Waals surface area contributed by atoms with Crippen molar-refractivity contribution in [2.75, 3.05) is 25.6 Å². The quantitative estimate of drug-likeness (QED) is 0.0117. The second-order valence-electron chi connectivity index (χ2n) is 17.1. The highest BCUT2D eigenvalue weighted by atomic mass is 31.3. The zero-order valence-corrected chi connectivity index (χ0v) is 43.4. The summed E-state index contributed by atoms with van der Waals surface area (Å²) in [5.41, 5.74) is 4.57. The van der Waals surface area contributed by atoms with Crippen molar-refractivity contribution in [2.24, 2.45) is 0 Å². The largest absolute Gasteiger partial charge is 0.481 e. The first-order valence-electron chi connectivity index (χ1n) is 25.1. The Morgan fingerprint density at radius 2 is 1.31 bits per heavy atom. The highest BCUT2D eigenvalue weighted by molar-refractivity contribution is 7.61. The fraction of sp³-hybridized carbons (Fsp3) is 0.640. The van der Waals surface area contributed by atoms with Crippen molar-refractivity contribution in [3.8, 4) is 0 Å². The van der Waals surface area contributed by atoms with Crippen molar-refractivity contribution < 1.29 is 71.4 Å². The molecule has 21 heteroatoms. The van der Waals surface area contributed by atoms with Crippen LogP contribution >= 0.6 is 15.6 Å². The van der Waals surface area contributed by atoms with E-state index in [1.807, 2.05) is 49.5 Å². The van der Waals surface area contributed by atoms with Gasteiger partial charge in [-0.25, -0.2) is 13.9 Å². The summed E-state index contributed by atoms with van der Waals surface area (Å²) in [7, 11) is -10.9. The second-order valence-corrected chi connectivity index (χ2v) is 20.2. The monoisotopic (exact) mass is 1040 g/mol. The molecule has 402 valence electrons. The Morgan fingerprint density at radius 1 is 0.746 bits per heavy atom. The molecule has 8 atom stereocenters. The van der Waals surface area contributed by atoms with Gasteiger partial charge in [-0.3, -0.25) is 23.2 Å². The van der Waals surface area contributed by atoms with Crippen molar-refractivity contribution in [3.63, 3.8) is 0 Å². The van der Waals surface area contributed by atoms with Crippen molar-refractivity contribution in [2.45, 2.75) is 185 Å². The fourth-order valence-electron chi connectivity index (χ4n) is 6.88. The van der Waals surface area contributed by atoms with Gasteiger partial charge in [0, 0.05) is 19.0 Å². The maximum Gasteiger partial charge on any atom is 0.481 e. The SMILES string of the molecule is CCCCCCCC/C=C\CCCCCCCC(=O)OC[C@H](COP(=O)(O)OP(=O)(O)OC[C@H]1O[C@@H](n2ccc(N)nc2=O)[C@H](O)[C@@H]1O)OC(=O)CCC/C=C\C/C=C\C/C=C\C/C=C\C=C\[C@H](O)CC. The molecule has 0 spiro atoms. The number of unbranched alkanes of at least 4 members (excludes halogenated alkanes) is 12. The van der Waals surface area contributed by atoms with Gasteiger partial charge in [0.1, 0.15) is 30.7 Å². The van der Waals surface area contributed by atoms with E-state index in [0.29, 0.717) is 32.1 Å². The highest BCUT2D eigenvalue weighted by Gasteiger charge is 2.46. The third-order valence-corrected chi connectivity index (χ3v) is 13.5. The zero-order valence-electron chi connectivity index (χ0n) is 41.6. The molecule has 0 bridgehead atoms. The second kappa shape index (κ2) is 37.8. The van der Waals surface area contributed by atoms with E-state index in [1.54, 1.807) is 6.08 Å². The Morgan fingerprint density at radius 3 is 1.96 bits per heavy atom. The third-order valence-electron chi connectivity index (χ3n) is 10.9. The number of nitrogens with zero attached hydrogens (tertiary/aromatic N) is 2. The molecule has 1 fully saturated rings. The number of esters is 2. The number of aliphatic hydroxyl groups excluding tert-OH is 3. The summed E-state index contributed by atoms with van der Waals surface area (Å²) < 4.78 is 56.6. The number of nitrogen functional groups attached to an aromatic ring is 1. The molecule has 0 saturated carbocycles. The molecular formula is C50H81N3O16P2. The molecule has 19 nitrogen and oxygen atoms in total. The van der Waals surface area contributed by atoms with E-state index in [9.17, 15) is 48.6 Å². The van der Waals surface area contributed by atoms with Gasteiger partial charge in [0.05, 0.1) is 19.3 Å². The average molecular weight is 1040 g/mol. The van der Waals surface area contributed by atoms with Crippen LogP contribution in [0, 0.1) is 0 Å². The topological polar surface area (TPSA) is 286 Å². The predicted octanol–water partition coefficient (Wildman–Crippen LogP) is 9.08.